The first kappa shape index (κ1) is 22.6. The monoisotopic (exact) mass is 402 g/mol. The van der Waals surface area contributed by atoms with Gasteiger partial charge in [0.2, 0.25) is 5.78 Å². The number of hydrogen-bond donors (Lipinski definition) is 2. The van der Waals surface area contributed by atoms with Crippen molar-refractivity contribution in [3.8, 4) is 5.75 Å². The van der Waals surface area contributed by atoms with Gasteiger partial charge in [-0.15, -0.1) is 0 Å². The zero-order chi connectivity index (χ0) is 21.6. The van der Waals surface area contributed by atoms with Gasteiger partial charge in [-0.25, -0.2) is 0 Å². The van der Waals surface area contributed by atoms with Crippen LogP contribution in [0, 0.1) is 13.8 Å². The number of quaternary nitrogens is 1. The average Bonchev–Trinajstić information content (AvgIpc) is 2.96. The Labute approximate surface area is 172 Å². The van der Waals surface area contributed by atoms with Crippen LogP contribution in [0.3, 0.4) is 0 Å². The van der Waals surface area contributed by atoms with Crippen LogP contribution in [0.2, 0.25) is 0 Å². The Morgan fingerprint density at radius 1 is 1.14 bits per heavy atom. The summed E-state index contributed by atoms with van der Waals surface area (Å²) in [6.07, 6.45) is 0. The van der Waals surface area contributed by atoms with Crippen LogP contribution < -0.4 is 15.0 Å². The topological polar surface area (TPSA) is 74.0 Å². The SMILES string of the molecule is COC[C@@H](C)n1c(C)cc(C(=O)C[NH+](C)CC(=O)Nc2ccc(OC)cc2)c1C. The highest BCUT2D eigenvalue weighted by Crippen LogP contribution is 2.21. The summed E-state index contributed by atoms with van der Waals surface area (Å²) in [7, 11) is 5.11. The molecule has 1 aromatic carbocycles. The molecule has 2 N–H and O–H groups in total. The number of aryl methyl sites for hydroxylation is 1. The fourth-order valence-electron chi connectivity index (χ4n) is 3.64. The maximum atomic E-state index is 12.8. The Bertz CT molecular complexity index is 842. The largest absolute Gasteiger partial charge is 0.497 e. The second kappa shape index (κ2) is 10.2. The summed E-state index contributed by atoms with van der Waals surface area (Å²) >= 11 is 0. The van der Waals surface area contributed by atoms with Crippen molar-refractivity contribution in [1.29, 1.82) is 0 Å². The molecule has 1 heterocycles. The number of ketones is 1. The third-order valence-corrected chi connectivity index (χ3v) is 4.93. The molecule has 7 nitrogen and oxygen atoms in total. The Morgan fingerprint density at radius 2 is 1.79 bits per heavy atom. The third-order valence-electron chi connectivity index (χ3n) is 4.93. The van der Waals surface area contributed by atoms with Crippen LogP contribution in [-0.4, -0.2) is 57.2 Å². The predicted molar refractivity (Wildman–Crippen MR) is 113 cm³/mol. The highest BCUT2D eigenvalue weighted by atomic mass is 16.5. The molecule has 29 heavy (non-hydrogen) atoms. The van der Waals surface area contributed by atoms with Gasteiger partial charge in [-0.05, 0) is 51.1 Å². The van der Waals surface area contributed by atoms with Gasteiger partial charge in [-0.2, -0.15) is 0 Å². The number of aromatic nitrogens is 1. The first-order valence-corrected chi connectivity index (χ1v) is 9.72. The van der Waals surface area contributed by atoms with Gasteiger partial charge in [0, 0.05) is 29.7 Å². The highest BCUT2D eigenvalue weighted by Gasteiger charge is 2.22. The first-order chi connectivity index (χ1) is 13.8. The maximum Gasteiger partial charge on any atom is 0.279 e. The van der Waals surface area contributed by atoms with Crippen molar-refractivity contribution in [2.24, 2.45) is 0 Å². The zero-order valence-corrected chi connectivity index (χ0v) is 18.2. The lowest BCUT2D eigenvalue weighted by atomic mass is 10.1. The van der Waals surface area contributed by atoms with Crippen molar-refractivity contribution in [3.05, 3.63) is 47.3 Å². The van der Waals surface area contributed by atoms with E-state index < -0.39 is 0 Å². The van der Waals surface area contributed by atoms with Crippen molar-refractivity contribution in [2.75, 3.05) is 46.3 Å². The summed E-state index contributed by atoms with van der Waals surface area (Å²) in [6, 6.07) is 9.23. The number of benzene rings is 1. The second-order valence-electron chi connectivity index (χ2n) is 7.47. The van der Waals surface area contributed by atoms with Gasteiger partial charge in [-0.1, -0.05) is 0 Å². The number of carbonyl (C=O) groups is 2. The van der Waals surface area contributed by atoms with E-state index >= 15 is 0 Å². The van der Waals surface area contributed by atoms with Gasteiger partial charge in [-0.3, -0.25) is 9.59 Å². The molecule has 0 fully saturated rings. The first-order valence-electron chi connectivity index (χ1n) is 9.72. The van der Waals surface area contributed by atoms with Crippen LogP contribution in [0.5, 0.6) is 5.75 Å². The molecule has 1 amide bonds. The van der Waals surface area contributed by atoms with Crippen LogP contribution in [-0.2, 0) is 9.53 Å². The summed E-state index contributed by atoms with van der Waals surface area (Å²) < 4.78 is 12.5. The number of nitrogens with zero attached hydrogens (tertiary/aromatic N) is 1. The van der Waals surface area contributed by atoms with Crippen molar-refractivity contribution >= 4 is 17.4 Å². The summed E-state index contributed by atoms with van der Waals surface area (Å²) in [5.74, 6) is 0.622. The van der Waals surface area contributed by atoms with Crippen LogP contribution in [0.25, 0.3) is 0 Å². The molecule has 0 saturated heterocycles. The minimum Gasteiger partial charge on any atom is -0.497 e. The van der Waals surface area contributed by atoms with E-state index in [4.69, 9.17) is 9.47 Å². The molecule has 2 atom stereocenters. The fourth-order valence-corrected chi connectivity index (χ4v) is 3.64. The average molecular weight is 403 g/mol. The van der Waals surface area contributed by atoms with E-state index in [-0.39, 0.29) is 30.8 Å². The molecule has 2 rings (SSSR count). The molecule has 0 radical (unpaired) electrons. The number of carbonyl (C=O) groups excluding carboxylic acids is 2. The molecular formula is C22H32N3O4+. The lowest BCUT2D eigenvalue weighted by molar-refractivity contribution is -0.861. The molecule has 7 heteroatoms. The highest BCUT2D eigenvalue weighted by molar-refractivity contribution is 5.98. The number of anilines is 1. The summed E-state index contributed by atoms with van der Waals surface area (Å²) in [5.41, 5.74) is 3.38. The van der Waals surface area contributed by atoms with Crippen LogP contribution in [0.4, 0.5) is 5.69 Å². The summed E-state index contributed by atoms with van der Waals surface area (Å²) in [6.45, 7) is 7.06. The number of Topliss-reactive ketones (excluding diaryl/α,β-unsaturated/α-hetero) is 1. The molecule has 0 spiro atoms. The van der Waals surface area contributed by atoms with Crippen molar-refractivity contribution in [2.45, 2.75) is 26.8 Å². The Balaban J connectivity index is 1.96. The van der Waals surface area contributed by atoms with Crippen molar-refractivity contribution in [3.63, 3.8) is 0 Å². The quantitative estimate of drug-likeness (QED) is 0.593. The minimum absolute atomic E-state index is 0.0312. The molecule has 2 aromatic rings. The second-order valence-corrected chi connectivity index (χ2v) is 7.47. The number of methoxy groups -OCH3 is 2. The van der Waals surface area contributed by atoms with Gasteiger partial charge in [0.1, 0.15) is 12.3 Å². The lowest BCUT2D eigenvalue weighted by Gasteiger charge is -2.18. The molecule has 0 saturated carbocycles. The van der Waals surface area contributed by atoms with Crippen molar-refractivity contribution < 1.29 is 24.0 Å². The Morgan fingerprint density at radius 3 is 2.38 bits per heavy atom. The Kier molecular flexibility index (Phi) is 7.99. The van der Waals surface area contributed by atoms with Gasteiger partial charge in [0.15, 0.2) is 6.54 Å². The minimum atomic E-state index is -0.139. The van der Waals surface area contributed by atoms with Gasteiger partial charge in [0.05, 0.1) is 26.8 Å². The fraction of sp³-hybridized carbons (Fsp3) is 0.455. The molecule has 0 aliphatic carbocycles. The van der Waals surface area contributed by atoms with E-state index in [1.165, 1.54) is 0 Å². The molecule has 0 aliphatic rings. The number of ether oxygens (including phenoxy) is 2. The normalized spacial score (nSPS) is 13.0. The standard InChI is InChI=1S/C22H31N3O4/c1-15-11-20(17(3)25(15)16(2)14-28-5)21(26)12-24(4)13-22(27)23-18-7-9-19(29-6)10-8-18/h7-11,16H,12-14H2,1-6H3,(H,23,27)/p+1/t16-/m1/s1. The molecule has 0 aliphatic heterocycles. The van der Waals surface area contributed by atoms with E-state index in [1.807, 2.05) is 27.0 Å². The van der Waals surface area contributed by atoms with E-state index in [0.717, 1.165) is 22.0 Å². The van der Waals surface area contributed by atoms with Crippen LogP contribution >= 0.6 is 0 Å². The van der Waals surface area contributed by atoms with Crippen LogP contribution in [0.1, 0.15) is 34.7 Å². The molecule has 158 valence electrons. The van der Waals surface area contributed by atoms with E-state index in [0.29, 0.717) is 17.9 Å². The van der Waals surface area contributed by atoms with Gasteiger partial charge < -0.3 is 24.3 Å². The number of nitrogens with one attached hydrogen (secondary N) is 2. The smallest absolute Gasteiger partial charge is 0.279 e. The van der Waals surface area contributed by atoms with Gasteiger partial charge in [0.25, 0.3) is 5.91 Å². The van der Waals surface area contributed by atoms with E-state index in [1.54, 1.807) is 38.5 Å². The number of rotatable bonds is 10. The molecule has 1 unspecified atom stereocenters. The zero-order valence-electron chi connectivity index (χ0n) is 18.2. The number of amides is 1. The predicted octanol–water partition coefficient (Wildman–Crippen LogP) is 1.66. The summed E-state index contributed by atoms with van der Waals surface area (Å²) in [5, 5.41) is 2.85. The molecule has 0 bridgehead atoms. The van der Waals surface area contributed by atoms with E-state index in [9.17, 15) is 9.59 Å². The summed E-state index contributed by atoms with van der Waals surface area (Å²) in [4.78, 5) is 25.9. The number of hydrogen-bond acceptors (Lipinski definition) is 4. The molecule has 1 aromatic heterocycles. The van der Waals surface area contributed by atoms with Crippen molar-refractivity contribution in [1.82, 2.24) is 4.57 Å². The Hall–Kier alpha value is -2.64. The third kappa shape index (κ3) is 5.92. The van der Waals surface area contributed by atoms with Crippen LogP contribution in [0.15, 0.2) is 30.3 Å². The molecular weight excluding hydrogens is 370 g/mol. The van der Waals surface area contributed by atoms with Gasteiger partial charge >= 0.3 is 0 Å². The number of likely N-dealkylation sites (N-methyl/N-ethyl adjacent to an activating group) is 1. The van der Waals surface area contributed by atoms with E-state index in [2.05, 4.69) is 16.8 Å². The maximum absolute atomic E-state index is 12.8. The lowest BCUT2D eigenvalue weighted by Crippen LogP contribution is -3.11.